The second-order valence-corrected chi connectivity index (χ2v) is 6.55. The second-order valence-electron chi connectivity index (χ2n) is 6.55. The van der Waals surface area contributed by atoms with Gasteiger partial charge >= 0.3 is 0 Å². The van der Waals surface area contributed by atoms with Crippen LogP contribution in [0.2, 0.25) is 0 Å². The maximum absolute atomic E-state index is 12.9. The zero-order valence-corrected chi connectivity index (χ0v) is 11.9. The summed E-state index contributed by atoms with van der Waals surface area (Å²) in [5, 5.41) is 9.82. The van der Waals surface area contributed by atoms with Crippen molar-refractivity contribution in [3.63, 3.8) is 0 Å². The van der Waals surface area contributed by atoms with Crippen molar-refractivity contribution >= 4 is 11.8 Å². The van der Waals surface area contributed by atoms with E-state index in [2.05, 4.69) is 0 Å². The molecule has 112 valence electrons. The summed E-state index contributed by atoms with van der Waals surface area (Å²) in [5.41, 5.74) is -1.18. The van der Waals surface area contributed by atoms with Crippen LogP contribution in [0.1, 0.15) is 51.4 Å². The number of carbonyl (C=O) groups excluding carboxylic acids is 2. The highest BCUT2D eigenvalue weighted by molar-refractivity contribution is 6.06. The van der Waals surface area contributed by atoms with Crippen molar-refractivity contribution in [2.45, 2.75) is 56.9 Å². The van der Waals surface area contributed by atoms with Gasteiger partial charge in [0.15, 0.2) is 0 Å². The predicted octanol–water partition coefficient (Wildman–Crippen LogP) is 1.24. The molecule has 0 aromatic carbocycles. The van der Waals surface area contributed by atoms with Crippen molar-refractivity contribution < 1.29 is 19.4 Å². The normalized spacial score (nSPS) is 29.1. The molecule has 20 heavy (non-hydrogen) atoms. The summed E-state index contributed by atoms with van der Waals surface area (Å²) in [6.07, 6.45) is 6.31. The lowest BCUT2D eigenvalue weighted by Gasteiger charge is -2.43. The summed E-state index contributed by atoms with van der Waals surface area (Å²) < 4.78 is 5.33. The largest absolute Gasteiger partial charge is 0.394 e. The van der Waals surface area contributed by atoms with Gasteiger partial charge in [0.1, 0.15) is 0 Å². The SMILES string of the molecule is O=C1CC2(CCCCC2)C(=O)N1C1(CO)CCOCC1. The van der Waals surface area contributed by atoms with Crippen LogP contribution in [0.5, 0.6) is 0 Å². The quantitative estimate of drug-likeness (QED) is 0.773. The number of rotatable bonds is 2. The van der Waals surface area contributed by atoms with E-state index in [1.54, 1.807) is 0 Å². The third-order valence-corrected chi connectivity index (χ3v) is 5.40. The maximum atomic E-state index is 12.9. The molecule has 2 aliphatic heterocycles. The highest BCUT2D eigenvalue weighted by Gasteiger charge is 2.57. The molecule has 2 amide bonds. The Morgan fingerprint density at radius 1 is 1.05 bits per heavy atom. The van der Waals surface area contributed by atoms with Gasteiger partial charge in [0.25, 0.3) is 0 Å². The molecule has 1 aliphatic carbocycles. The highest BCUT2D eigenvalue weighted by atomic mass is 16.5. The van der Waals surface area contributed by atoms with E-state index in [1.165, 1.54) is 4.90 Å². The molecule has 3 aliphatic rings. The van der Waals surface area contributed by atoms with E-state index in [1.807, 2.05) is 0 Å². The van der Waals surface area contributed by atoms with Crippen molar-refractivity contribution in [3.05, 3.63) is 0 Å². The van der Waals surface area contributed by atoms with Crippen LogP contribution in [0.3, 0.4) is 0 Å². The zero-order chi connectivity index (χ0) is 14.2. The molecule has 0 aromatic rings. The second kappa shape index (κ2) is 5.11. The van der Waals surface area contributed by atoms with Gasteiger partial charge in [-0.3, -0.25) is 14.5 Å². The van der Waals surface area contributed by atoms with Crippen molar-refractivity contribution in [3.8, 4) is 0 Å². The number of amides is 2. The summed E-state index contributed by atoms with van der Waals surface area (Å²) in [6, 6.07) is 0. The minimum atomic E-state index is -0.715. The third-order valence-electron chi connectivity index (χ3n) is 5.40. The molecule has 0 aromatic heterocycles. The number of hydrogen-bond donors (Lipinski definition) is 1. The van der Waals surface area contributed by atoms with Gasteiger partial charge in [-0.1, -0.05) is 19.3 Å². The summed E-state index contributed by atoms with van der Waals surface area (Å²) in [5.74, 6) is -0.119. The molecule has 0 atom stereocenters. The number of aliphatic hydroxyl groups excluding tert-OH is 1. The van der Waals surface area contributed by atoms with E-state index in [0.29, 0.717) is 32.5 Å². The van der Waals surface area contributed by atoms with E-state index in [0.717, 1.165) is 32.1 Å². The fourth-order valence-corrected chi connectivity index (χ4v) is 4.10. The third kappa shape index (κ3) is 1.99. The first-order valence-electron chi connectivity index (χ1n) is 7.70. The number of carbonyl (C=O) groups is 2. The van der Waals surface area contributed by atoms with Gasteiger partial charge in [0.05, 0.1) is 17.6 Å². The number of likely N-dealkylation sites (tertiary alicyclic amines) is 1. The summed E-state index contributed by atoms with van der Waals surface area (Å²) in [6.45, 7) is 0.860. The van der Waals surface area contributed by atoms with Crippen LogP contribution < -0.4 is 0 Å². The van der Waals surface area contributed by atoms with E-state index < -0.39 is 11.0 Å². The van der Waals surface area contributed by atoms with Crippen molar-refractivity contribution in [2.24, 2.45) is 5.41 Å². The molecule has 1 N–H and O–H groups in total. The number of nitrogens with zero attached hydrogens (tertiary/aromatic N) is 1. The fraction of sp³-hybridized carbons (Fsp3) is 0.867. The van der Waals surface area contributed by atoms with Gasteiger partial charge in [-0.2, -0.15) is 0 Å². The van der Waals surface area contributed by atoms with Crippen LogP contribution >= 0.6 is 0 Å². The van der Waals surface area contributed by atoms with E-state index in [4.69, 9.17) is 4.74 Å². The Balaban J connectivity index is 1.89. The monoisotopic (exact) mass is 281 g/mol. The van der Waals surface area contributed by atoms with Crippen LogP contribution in [-0.2, 0) is 14.3 Å². The molecule has 0 unspecified atom stereocenters. The van der Waals surface area contributed by atoms with Gasteiger partial charge in [0, 0.05) is 19.6 Å². The summed E-state index contributed by atoms with van der Waals surface area (Å²) in [4.78, 5) is 26.8. The molecule has 1 saturated carbocycles. The van der Waals surface area contributed by atoms with Gasteiger partial charge in [0.2, 0.25) is 11.8 Å². The Morgan fingerprint density at radius 3 is 2.30 bits per heavy atom. The Bertz CT molecular complexity index is 408. The lowest BCUT2D eigenvalue weighted by Crippen LogP contribution is -2.58. The van der Waals surface area contributed by atoms with Gasteiger partial charge < -0.3 is 9.84 Å². The predicted molar refractivity (Wildman–Crippen MR) is 71.9 cm³/mol. The maximum Gasteiger partial charge on any atom is 0.236 e. The zero-order valence-electron chi connectivity index (χ0n) is 11.9. The Hall–Kier alpha value is -0.940. The minimum Gasteiger partial charge on any atom is -0.394 e. The Labute approximate surface area is 119 Å². The lowest BCUT2D eigenvalue weighted by atomic mass is 9.72. The Kier molecular flexibility index (Phi) is 3.58. The molecular weight excluding hydrogens is 258 g/mol. The number of hydrogen-bond acceptors (Lipinski definition) is 4. The van der Waals surface area contributed by atoms with Crippen molar-refractivity contribution in [1.82, 2.24) is 4.90 Å². The van der Waals surface area contributed by atoms with Crippen molar-refractivity contribution in [2.75, 3.05) is 19.8 Å². The minimum absolute atomic E-state index is 0.0295. The standard InChI is InChI=1S/C15H23NO4/c17-11-15(6-8-20-9-7-15)16-12(18)10-14(13(16)19)4-2-1-3-5-14/h17H,1-11H2. The van der Waals surface area contributed by atoms with Gasteiger partial charge in [-0.15, -0.1) is 0 Å². The van der Waals surface area contributed by atoms with Crippen LogP contribution in [0, 0.1) is 5.41 Å². The van der Waals surface area contributed by atoms with Crippen LogP contribution in [0.4, 0.5) is 0 Å². The van der Waals surface area contributed by atoms with Gasteiger partial charge in [-0.05, 0) is 25.7 Å². The number of ether oxygens (including phenoxy) is 1. The Morgan fingerprint density at radius 2 is 1.70 bits per heavy atom. The van der Waals surface area contributed by atoms with Crippen LogP contribution in [0.15, 0.2) is 0 Å². The van der Waals surface area contributed by atoms with E-state index in [-0.39, 0.29) is 18.4 Å². The first kappa shape index (κ1) is 14.0. The molecule has 0 radical (unpaired) electrons. The molecule has 2 saturated heterocycles. The molecule has 5 nitrogen and oxygen atoms in total. The molecule has 0 bridgehead atoms. The van der Waals surface area contributed by atoms with Crippen molar-refractivity contribution in [1.29, 1.82) is 0 Å². The van der Waals surface area contributed by atoms with Crippen LogP contribution in [-0.4, -0.2) is 47.2 Å². The fourth-order valence-electron chi connectivity index (χ4n) is 4.10. The summed E-state index contributed by atoms with van der Waals surface area (Å²) >= 11 is 0. The molecular formula is C15H23NO4. The average Bonchev–Trinajstić information content (AvgIpc) is 2.72. The molecule has 5 heteroatoms. The first-order chi connectivity index (χ1) is 9.64. The first-order valence-corrected chi connectivity index (χ1v) is 7.70. The molecule has 3 fully saturated rings. The lowest BCUT2D eigenvalue weighted by molar-refractivity contribution is -0.156. The number of aliphatic hydroxyl groups is 1. The smallest absolute Gasteiger partial charge is 0.236 e. The average molecular weight is 281 g/mol. The number of imide groups is 1. The van der Waals surface area contributed by atoms with Crippen LogP contribution in [0.25, 0.3) is 0 Å². The van der Waals surface area contributed by atoms with E-state index in [9.17, 15) is 14.7 Å². The highest BCUT2D eigenvalue weighted by Crippen LogP contribution is 2.48. The topological polar surface area (TPSA) is 66.8 Å². The molecule has 3 rings (SSSR count). The molecule has 2 heterocycles. The summed E-state index contributed by atoms with van der Waals surface area (Å²) in [7, 11) is 0. The molecule has 1 spiro atoms. The van der Waals surface area contributed by atoms with Gasteiger partial charge in [-0.25, -0.2) is 0 Å². The van der Waals surface area contributed by atoms with E-state index >= 15 is 0 Å².